The van der Waals surface area contributed by atoms with Crippen LogP contribution in [-0.2, 0) is 6.54 Å². The second-order valence-corrected chi connectivity index (χ2v) is 7.43. The van der Waals surface area contributed by atoms with Gasteiger partial charge in [0, 0.05) is 30.1 Å². The smallest absolute Gasteiger partial charge is 0.320 e. The highest BCUT2D eigenvalue weighted by Gasteiger charge is 2.14. The molecule has 1 aromatic heterocycles. The molecule has 0 spiro atoms. The van der Waals surface area contributed by atoms with Gasteiger partial charge in [0.2, 0.25) is 5.89 Å². The maximum Gasteiger partial charge on any atom is 0.320 e. The molecule has 30 heavy (non-hydrogen) atoms. The van der Waals surface area contributed by atoms with Gasteiger partial charge in [-0.1, -0.05) is 59.7 Å². The molecule has 0 saturated heterocycles. The van der Waals surface area contributed by atoms with Gasteiger partial charge in [-0.25, -0.2) is 0 Å². The zero-order valence-electron chi connectivity index (χ0n) is 16.8. The molecule has 0 aliphatic rings. The Labute approximate surface area is 182 Å². The molecule has 0 bridgehead atoms. The number of hydrogen-bond donors (Lipinski definition) is 3. The van der Waals surface area contributed by atoms with Crippen molar-refractivity contribution in [1.82, 2.24) is 15.5 Å². The number of nitrogens with one attached hydrogen (secondary N) is 2. The van der Waals surface area contributed by atoms with Gasteiger partial charge in [0.1, 0.15) is 0 Å². The third-order valence-electron chi connectivity index (χ3n) is 4.87. The molecule has 0 saturated carbocycles. The van der Waals surface area contributed by atoms with Gasteiger partial charge in [0.25, 0.3) is 0 Å². The Hall–Kier alpha value is -3.09. The molecule has 2 N–H and O–H groups in total. The summed E-state index contributed by atoms with van der Waals surface area (Å²) in [5, 5.41) is 15.0. The Balaban J connectivity index is 1.53. The molecule has 0 radical (unpaired) electrons. The quantitative estimate of drug-likeness (QED) is 0.262. The predicted octanol–water partition coefficient (Wildman–Crippen LogP) is 5.48. The first-order valence-corrected chi connectivity index (χ1v) is 10.5. The summed E-state index contributed by atoms with van der Waals surface area (Å²) < 4.78 is 5.92. The van der Waals surface area contributed by atoms with Gasteiger partial charge in [0.05, 0.1) is 0 Å². The van der Waals surface area contributed by atoms with Crippen molar-refractivity contribution in [3.8, 4) is 22.6 Å². The molecule has 5 nitrogen and oxygen atoms in total. The Morgan fingerprint density at radius 1 is 0.900 bits per heavy atom. The van der Waals surface area contributed by atoms with Crippen molar-refractivity contribution < 1.29 is 4.42 Å². The van der Waals surface area contributed by atoms with Crippen LogP contribution in [0.25, 0.3) is 22.6 Å². The fourth-order valence-corrected chi connectivity index (χ4v) is 3.53. The summed E-state index contributed by atoms with van der Waals surface area (Å²) in [6.07, 6.45) is 0. The molecule has 0 amide bonds. The molecule has 152 valence electrons. The van der Waals surface area contributed by atoms with Gasteiger partial charge in [0.15, 0.2) is 0 Å². The Morgan fingerprint density at radius 3 is 2.53 bits per heavy atom. The number of anilines is 2. The van der Waals surface area contributed by atoms with Crippen LogP contribution in [0.1, 0.15) is 11.1 Å². The summed E-state index contributed by atoms with van der Waals surface area (Å²) >= 11 is 4.22. The van der Waals surface area contributed by atoms with Crippen molar-refractivity contribution in [1.29, 1.82) is 0 Å². The van der Waals surface area contributed by atoms with Crippen LogP contribution in [0.4, 0.5) is 11.7 Å². The van der Waals surface area contributed by atoms with Gasteiger partial charge in [-0.05, 0) is 47.4 Å². The van der Waals surface area contributed by atoms with E-state index in [0.717, 1.165) is 46.8 Å². The second-order valence-electron chi connectivity index (χ2n) is 6.98. The molecule has 0 fully saturated rings. The van der Waals surface area contributed by atoms with E-state index in [0.29, 0.717) is 11.9 Å². The topological polar surface area (TPSA) is 63.0 Å². The maximum atomic E-state index is 5.92. The molecule has 1 heterocycles. The molecule has 6 heteroatoms. The summed E-state index contributed by atoms with van der Waals surface area (Å²) in [5.74, 6) is 1.31. The second kappa shape index (κ2) is 9.61. The van der Waals surface area contributed by atoms with Crippen molar-refractivity contribution in [3.63, 3.8) is 0 Å². The standard InChI is InChI=1S/C24H24N4OS/c1-17-21(19-8-3-2-4-9-19)11-6-12-22(17)23-27-28-24(29-23)26-20-10-5-7-18(15-20)16-25-13-14-30/h2-12,15,25,30H,13-14,16H2,1H3,(H,26,28). The summed E-state index contributed by atoms with van der Waals surface area (Å²) in [7, 11) is 0. The third-order valence-corrected chi connectivity index (χ3v) is 5.09. The van der Waals surface area contributed by atoms with E-state index in [-0.39, 0.29) is 0 Å². The fourth-order valence-electron chi connectivity index (χ4n) is 3.37. The van der Waals surface area contributed by atoms with E-state index in [2.05, 4.69) is 70.7 Å². The zero-order chi connectivity index (χ0) is 20.8. The first-order chi connectivity index (χ1) is 14.7. The van der Waals surface area contributed by atoms with Gasteiger partial charge in [-0.3, -0.25) is 0 Å². The molecule has 4 rings (SSSR count). The van der Waals surface area contributed by atoms with E-state index in [1.54, 1.807) is 0 Å². The van der Waals surface area contributed by atoms with Gasteiger partial charge >= 0.3 is 6.01 Å². The molecule has 0 unspecified atom stereocenters. The summed E-state index contributed by atoms with van der Waals surface area (Å²) in [5.41, 5.74) is 6.44. The van der Waals surface area contributed by atoms with Crippen molar-refractivity contribution in [3.05, 3.63) is 83.9 Å². The van der Waals surface area contributed by atoms with Crippen LogP contribution in [0.15, 0.2) is 77.2 Å². The monoisotopic (exact) mass is 416 g/mol. The fraction of sp³-hybridized carbons (Fsp3) is 0.167. The number of benzene rings is 3. The minimum atomic E-state index is 0.370. The summed E-state index contributed by atoms with van der Waals surface area (Å²) in [4.78, 5) is 0. The van der Waals surface area contributed by atoms with E-state index in [4.69, 9.17) is 4.42 Å². The maximum absolute atomic E-state index is 5.92. The normalized spacial score (nSPS) is 10.9. The number of hydrogen-bond acceptors (Lipinski definition) is 6. The minimum absolute atomic E-state index is 0.370. The molecule has 0 aliphatic heterocycles. The van der Waals surface area contributed by atoms with Crippen LogP contribution in [-0.4, -0.2) is 22.5 Å². The lowest BCUT2D eigenvalue weighted by Gasteiger charge is -2.09. The molecular formula is C24H24N4OS. The SMILES string of the molecule is Cc1c(-c2ccccc2)cccc1-c1nnc(Nc2cccc(CNCCS)c2)o1. The molecular weight excluding hydrogens is 392 g/mol. The number of thiol groups is 1. The third kappa shape index (κ3) is 4.72. The Bertz CT molecular complexity index is 1110. The lowest BCUT2D eigenvalue weighted by atomic mass is 9.96. The Morgan fingerprint density at radius 2 is 1.70 bits per heavy atom. The lowest BCUT2D eigenvalue weighted by Crippen LogP contribution is -2.15. The average Bonchev–Trinajstić information content (AvgIpc) is 3.23. The van der Waals surface area contributed by atoms with Crippen molar-refractivity contribution in [2.75, 3.05) is 17.6 Å². The van der Waals surface area contributed by atoms with E-state index in [1.807, 2.05) is 42.5 Å². The molecule has 0 atom stereocenters. The van der Waals surface area contributed by atoms with Crippen LogP contribution in [0.3, 0.4) is 0 Å². The van der Waals surface area contributed by atoms with Gasteiger partial charge < -0.3 is 15.1 Å². The molecule has 4 aromatic rings. The minimum Gasteiger partial charge on any atom is -0.403 e. The van der Waals surface area contributed by atoms with E-state index < -0.39 is 0 Å². The molecule has 0 aliphatic carbocycles. The van der Waals surface area contributed by atoms with Crippen molar-refractivity contribution in [2.45, 2.75) is 13.5 Å². The first kappa shape index (κ1) is 20.2. The summed E-state index contributed by atoms with van der Waals surface area (Å²) in [6.45, 7) is 3.74. The van der Waals surface area contributed by atoms with Crippen LogP contribution in [0.5, 0.6) is 0 Å². The van der Waals surface area contributed by atoms with Gasteiger partial charge in [-0.2, -0.15) is 12.6 Å². The van der Waals surface area contributed by atoms with Crippen molar-refractivity contribution >= 4 is 24.3 Å². The van der Waals surface area contributed by atoms with Crippen LogP contribution in [0, 0.1) is 6.92 Å². The largest absolute Gasteiger partial charge is 0.403 e. The van der Waals surface area contributed by atoms with Crippen molar-refractivity contribution in [2.24, 2.45) is 0 Å². The predicted molar refractivity (Wildman–Crippen MR) is 125 cm³/mol. The van der Waals surface area contributed by atoms with Crippen LogP contribution < -0.4 is 10.6 Å². The Kier molecular flexibility index (Phi) is 6.47. The van der Waals surface area contributed by atoms with E-state index >= 15 is 0 Å². The van der Waals surface area contributed by atoms with E-state index in [1.165, 1.54) is 5.56 Å². The summed E-state index contributed by atoms with van der Waals surface area (Å²) in [6, 6.07) is 24.9. The van der Waals surface area contributed by atoms with E-state index in [9.17, 15) is 0 Å². The highest BCUT2D eigenvalue weighted by atomic mass is 32.1. The zero-order valence-corrected chi connectivity index (χ0v) is 17.7. The van der Waals surface area contributed by atoms with Crippen LogP contribution >= 0.6 is 12.6 Å². The lowest BCUT2D eigenvalue weighted by molar-refractivity contribution is 0.587. The highest BCUT2D eigenvalue weighted by molar-refractivity contribution is 7.80. The first-order valence-electron chi connectivity index (χ1n) is 9.91. The number of nitrogens with zero attached hydrogens (tertiary/aromatic N) is 2. The number of aromatic nitrogens is 2. The molecule has 3 aromatic carbocycles. The average molecular weight is 417 g/mol. The van der Waals surface area contributed by atoms with Gasteiger partial charge in [-0.15, -0.1) is 5.10 Å². The number of rotatable bonds is 8. The highest BCUT2D eigenvalue weighted by Crippen LogP contribution is 2.32. The van der Waals surface area contributed by atoms with Crippen LogP contribution in [0.2, 0.25) is 0 Å².